The molecule has 1 saturated heterocycles. The average molecular weight is 386 g/mol. The highest BCUT2D eigenvalue weighted by Gasteiger charge is 2.60. The van der Waals surface area contributed by atoms with Gasteiger partial charge in [0.2, 0.25) is 17.2 Å². The summed E-state index contributed by atoms with van der Waals surface area (Å²) >= 11 is 0. The van der Waals surface area contributed by atoms with Gasteiger partial charge in [-0.15, -0.1) is 0 Å². The van der Waals surface area contributed by atoms with E-state index in [9.17, 15) is 30.0 Å². The third-order valence-electron chi connectivity index (χ3n) is 4.97. The van der Waals surface area contributed by atoms with Crippen molar-refractivity contribution < 1.29 is 34.8 Å². The number of aryl methyl sites for hydroxylation is 2. The summed E-state index contributed by atoms with van der Waals surface area (Å²) in [5, 5.41) is 41.1. The van der Waals surface area contributed by atoms with Crippen LogP contribution < -0.4 is 0 Å². The SMILES string of the molecule is Cc1ccc(C(=O)C(O)(C(=O)c2ccc(C)cc2)[C@H]2O[C@H](O)[C@H](O)[C@@H]2O)cc1. The average Bonchev–Trinajstić information content (AvgIpc) is 2.95. The zero-order valence-corrected chi connectivity index (χ0v) is 15.4. The molecule has 0 amide bonds. The number of hydrogen-bond donors (Lipinski definition) is 4. The smallest absolute Gasteiger partial charge is 0.219 e. The molecule has 0 radical (unpaired) electrons. The molecule has 0 unspecified atom stereocenters. The highest BCUT2D eigenvalue weighted by atomic mass is 16.7. The first-order valence-electron chi connectivity index (χ1n) is 8.81. The quantitative estimate of drug-likeness (QED) is 0.437. The number of hydrogen-bond acceptors (Lipinski definition) is 7. The molecule has 1 heterocycles. The van der Waals surface area contributed by atoms with E-state index >= 15 is 0 Å². The molecular formula is C21H22O7. The number of ether oxygens (including phenoxy) is 1. The highest BCUT2D eigenvalue weighted by molar-refractivity contribution is 6.23. The van der Waals surface area contributed by atoms with Crippen molar-refractivity contribution >= 4 is 11.6 Å². The zero-order valence-electron chi connectivity index (χ0n) is 15.4. The lowest BCUT2D eigenvalue weighted by Gasteiger charge is -2.32. The van der Waals surface area contributed by atoms with Crippen LogP contribution in [0.4, 0.5) is 0 Å². The van der Waals surface area contributed by atoms with Crippen molar-refractivity contribution in [1.29, 1.82) is 0 Å². The van der Waals surface area contributed by atoms with Crippen LogP contribution in [0.3, 0.4) is 0 Å². The van der Waals surface area contributed by atoms with Crippen LogP contribution in [0.2, 0.25) is 0 Å². The Bertz CT molecular complexity index is 815. The molecular weight excluding hydrogens is 364 g/mol. The van der Waals surface area contributed by atoms with Crippen LogP contribution in [-0.4, -0.2) is 62.2 Å². The topological polar surface area (TPSA) is 124 Å². The molecule has 0 spiro atoms. The number of carbonyl (C=O) groups is 2. The standard InChI is InChI=1S/C21H22O7/c1-11-3-7-13(8-4-11)17(24)21(27,19-15(22)16(23)20(26)28-19)18(25)14-9-5-12(2)6-10-14/h3-10,15-16,19-20,22-23,26-27H,1-2H3/t15-,16+,19-,20-/m0/s1. The van der Waals surface area contributed by atoms with Crippen molar-refractivity contribution in [3.8, 4) is 0 Å². The van der Waals surface area contributed by atoms with Crippen LogP contribution in [0, 0.1) is 13.8 Å². The van der Waals surface area contributed by atoms with Gasteiger partial charge in [-0.25, -0.2) is 0 Å². The molecule has 0 saturated carbocycles. The second-order valence-electron chi connectivity index (χ2n) is 7.09. The van der Waals surface area contributed by atoms with E-state index in [1.807, 2.05) is 13.8 Å². The number of rotatable bonds is 5. The molecule has 0 aromatic heterocycles. The van der Waals surface area contributed by atoms with Crippen molar-refractivity contribution in [1.82, 2.24) is 0 Å². The number of carbonyl (C=O) groups excluding carboxylic acids is 2. The molecule has 28 heavy (non-hydrogen) atoms. The minimum absolute atomic E-state index is 0.0280. The molecule has 1 fully saturated rings. The molecule has 1 aliphatic rings. The van der Waals surface area contributed by atoms with E-state index in [4.69, 9.17) is 4.74 Å². The predicted octanol–water partition coefficient (Wildman–Crippen LogP) is 0.539. The van der Waals surface area contributed by atoms with Crippen LogP contribution in [0.1, 0.15) is 31.8 Å². The maximum atomic E-state index is 13.2. The summed E-state index contributed by atoms with van der Waals surface area (Å²) in [4.78, 5) is 26.4. The molecule has 1 aliphatic heterocycles. The normalized spacial score (nSPS) is 24.9. The maximum Gasteiger partial charge on any atom is 0.219 e. The number of benzene rings is 2. The Labute approximate surface area is 161 Å². The van der Waals surface area contributed by atoms with E-state index in [-0.39, 0.29) is 11.1 Å². The fraction of sp³-hybridized carbons (Fsp3) is 0.333. The molecule has 2 aromatic rings. The Hall–Kier alpha value is -2.42. The minimum atomic E-state index is -2.84. The van der Waals surface area contributed by atoms with Crippen molar-refractivity contribution in [2.75, 3.05) is 0 Å². The van der Waals surface area contributed by atoms with Crippen LogP contribution >= 0.6 is 0 Å². The van der Waals surface area contributed by atoms with Crippen molar-refractivity contribution in [3.05, 3.63) is 70.8 Å². The molecule has 148 valence electrons. The van der Waals surface area contributed by atoms with E-state index < -0.39 is 41.8 Å². The number of ketones is 2. The number of aliphatic hydroxyl groups excluding tert-OH is 3. The van der Waals surface area contributed by atoms with Gasteiger partial charge in [0, 0.05) is 11.1 Å². The molecule has 7 heteroatoms. The van der Waals surface area contributed by atoms with Crippen LogP contribution in [0.25, 0.3) is 0 Å². The highest BCUT2D eigenvalue weighted by Crippen LogP contribution is 2.33. The molecule has 4 atom stereocenters. The lowest BCUT2D eigenvalue weighted by Crippen LogP contribution is -2.60. The predicted molar refractivity (Wildman–Crippen MR) is 98.9 cm³/mol. The van der Waals surface area contributed by atoms with Crippen LogP contribution in [0.5, 0.6) is 0 Å². The van der Waals surface area contributed by atoms with Gasteiger partial charge in [-0.2, -0.15) is 0 Å². The Kier molecular flexibility index (Phi) is 5.47. The van der Waals surface area contributed by atoms with Gasteiger partial charge in [-0.05, 0) is 13.8 Å². The first-order valence-corrected chi connectivity index (χ1v) is 8.81. The largest absolute Gasteiger partial charge is 0.387 e. The van der Waals surface area contributed by atoms with Gasteiger partial charge in [0.1, 0.15) is 18.3 Å². The number of aliphatic hydroxyl groups is 4. The van der Waals surface area contributed by atoms with Gasteiger partial charge in [0.25, 0.3) is 0 Å². The van der Waals surface area contributed by atoms with E-state index in [2.05, 4.69) is 0 Å². The Morgan fingerprint density at radius 3 is 1.50 bits per heavy atom. The zero-order chi connectivity index (χ0) is 20.6. The van der Waals surface area contributed by atoms with Crippen LogP contribution in [-0.2, 0) is 4.74 Å². The molecule has 3 rings (SSSR count). The summed E-state index contributed by atoms with van der Waals surface area (Å²) in [6.45, 7) is 3.63. The maximum absolute atomic E-state index is 13.2. The van der Waals surface area contributed by atoms with Crippen LogP contribution in [0.15, 0.2) is 48.5 Å². The monoisotopic (exact) mass is 386 g/mol. The van der Waals surface area contributed by atoms with Gasteiger partial charge in [0.15, 0.2) is 6.29 Å². The summed E-state index contributed by atoms with van der Waals surface area (Å²) in [6, 6.07) is 12.3. The summed E-state index contributed by atoms with van der Waals surface area (Å²) < 4.78 is 5.05. The molecule has 4 N–H and O–H groups in total. The first kappa shape index (κ1) is 20.3. The van der Waals surface area contributed by atoms with Crippen molar-refractivity contribution in [3.63, 3.8) is 0 Å². The summed E-state index contributed by atoms with van der Waals surface area (Å²) in [6.07, 6.45) is -7.31. The first-order chi connectivity index (χ1) is 13.2. The second kappa shape index (κ2) is 7.54. The minimum Gasteiger partial charge on any atom is -0.387 e. The lowest BCUT2D eigenvalue weighted by molar-refractivity contribution is -0.152. The van der Waals surface area contributed by atoms with Gasteiger partial charge in [0.05, 0.1) is 0 Å². The van der Waals surface area contributed by atoms with Crippen molar-refractivity contribution in [2.45, 2.75) is 44.1 Å². The Morgan fingerprint density at radius 2 is 1.18 bits per heavy atom. The third-order valence-corrected chi connectivity index (χ3v) is 4.97. The summed E-state index contributed by atoms with van der Waals surface area (Å²) in [5.41, 5.74) is -1.05. The molecule has 7 nitrogen and oxygen atoms in total. The van der Waals surface area contributed by atoms with E-state index in [0.717, 1.165) is 11.1 Å². The van der Waals surface area contributed by atoms with E-state index in [0.29, 0.717) is 0 Å². The van der Waals surface area contributed by atoms with Gasteiger partial charge >= 0.3 is 0 Å². The Balaban J connectivity index is 2.10. The lowest BCUT2D eigenvalue weighted by atomic mass is 9.79. The Morgan fingerprint density at radius 1 is 0.786 bits per heavy atom. The molecule has 0 aliphatic carbocycles. The molecule has 0 bridgehead atoms. The van der Waals surface area contributed by atoms with Crippen molar-refractivity contribution in [2.24, 2.45) is 0 Å². The third kappa shape index (κ3) is 3.39. The second-order valence-corrected chi connectivity index (χ2v) is 7.09. The van der Waals surface area contributed by atoms with Gasteiger partial charge < -0.3 is 25.2 Å². The van der Waals surface area contributed by atoms with E-state index in [1.54, 1.807) is 24.3 Å². The fourth-order valence-corrected chi connectivity index (χ4v) is 3.22. The van der Waals surface area contributed by atoms with Gasteiger partial charge in [-0.1, -0.05) is 59.7 Å². The fourth-order valence-electron chi connectivity index (χ4n) is 3.22. The van der Waals surface area contributed by atoms with Gasteiger partial charge in [-0.3, -0.25) is 9.59 Å². The van der Waals surface area contributed by atoms with E-state index in [1.165, 1.54) is 24.3 Å². The number of Topliss-reactive ketones (excluding diaryl/α,β-unsaturated/α-hetero) is 2. The summed E-state index contributed by atoms with van der Waals surface area (Å²) in [5.74, 6) is -1.99. The summed E-state index contributed by atoms with van der Waals surface area (Å²) in [7, 11) is 0. The molecule has 2 aromatic carbocycles.